The Morgan fingerprint density at radius 1 is 1.05 bits per heavy atom. The zero-order valence-electron chi connectivity index (χ0n) is 19.6. The number of furan rings is 1. The first-order valence-corrected chi connectivity index (χ1v) is 10.7. The van der Waals surface area contributed by atoms with Gasteiger partial charge in [-0.15, -0.1) is 0 Å². The second-order valence-corrected chi connectivity index (χ2v) is 8.19. The topological polar surface area (TPSA) is 129 Å². The summed E-state index contributed by atoms with van der Waals surface area (Å²) in [5.41, 5.74) is 0.919. The lowest BCUT2D eigenvalue weighted by molar-refractivity contribution is -0.193. The summed E-state index contributed by atoms with van der Waals surface area (Å²) in [5.74, 6) is -3.34. The highest BCUT2D eigenvalue weighted by Gasteiger charge is 2.44. The van der Waals surface area contributed by atoms with E-state index in [9.17, 15) is 31.1 Å². The molecule has 0 radical (unpaired) electrons. The number of carboxylic acid groups (broad SMARTS) is 2. The first-order chi connectivity index (χ1) is 17.0. The van der Waals surface area contributed by atoms with Gasteiger partial charge in [-0.2, -0.15) is 31.4 Å². The number of piperidine rings is 1. The van der Waals surface area contributed by atoms with Gasteiger partial charge in [0.1, 0.15) is 11.5 Å². The van der Waals surface area contributed by atoms with Crippen molar-refractivity contribution in [3.8, 4) is 0 Å². The van der Waals surface area contributed by atoms with Gasteiger partial charge in [-0.05, 0) is 31.9 Å². The fourth-order valence-electron chi connectivity index (χ4n) is 3.99. The largest absolute Gasteiger partial charge is 0.490 e. The van der Waals surface area contributed by atoms with Gasteiger partial charge in [0.15, 0.2) is 0 Å². The molecule has 4 rings (SSSR count). The van der Waals surface area contributed by atoms with Gasteiger partial charge in [0.2, 0.25) is 5.91 Å². The smallest absolute Gasteiger partial charge is 0.475 e. The first-order valence-electron chi connectivity index (χ1n) is 10.7. The summed E-state index contributed by atoms with van der Waals surface area (Å²) in [7, 11) is 1.88. The van der Waals surface area contributed by atoms with E-state index in [0.717, 1.165) is 43.1 Å². The molecule has 2 aromatic rings. The van der Waals surface area contributed by atoms with Crippen LogP contribution in [0, 0.1) is 6.92 Å². The van der Waals surface area contributed by atoms with Crippen molar-refractivity contribution >= 4 is 23.5 Å². The molecule has 0 saturated carbocycles. The number of nitrogens with zero attached hydrogens (tertiary/aromatic N) is 4. The van der Waals surface area contributed by atoms with Crippen molar-refractivity contribution in [1.82, 2.24) is 14.7 Å². The fraction of sp³-hybridized carbons (Fsp3) is 0.524. The van der Waals surface area contributed by atoms with Crippen LogP contribution in [0.15, 0.2) is 28.9 Å². The number of carbonyl (C=O) groups excluding carboxylic acids is 1. The Bertz CT molecular complexity index is 1070. The maximum absolute atomic E-state index is 12.5. The molecule has 1 amide bonds. The Balaban J connectivity index is 0.000000286. The number of aryl methyl sites for hydroxylation is 2. The lowest BCUT2D eigenvalue weighted by atomic mass is 9.96. The van der Waals surface area contributed by atoms with E-state index in [2.05, 4.69) is 16.1 Å². The number of carbonyl (C=O) groups is 3. The molecule has 206 valence electrons. The van der Waals surface area contributed by atoms with E-state index in [1.54, 1.807) is 10.9 Å². The van der Waals surface area contributed by atoms with E-state index in [1.165, 1.54) is 0 Å². The third-order valence-corrected chi connectivity index (χ3v) is 5.49. The molecule has 2 saturated heterocycles. The van der Waals surface area contributed by atoms with Crippen LogP contribution in [0.25, 0.3) is 0 Å². The van der Waals surface area contributed by atoms with Crippen LogP contribution in [0.4, 0.5) is 32.0 Å². The second-order valence-electron chi connectivity index (χ2n) is 8.19. The lowest BCUT2D eigenvalue weighted by Crippen LogP contribution is -2.52. The minimum Gasteiger partial charge on any atom is -0.475 e. The molecule has 2 aliphatic rings. The van der Waals surface area contributed by atoms with Crippen molar-refractivity contribution < 1.29 is 55.4 Å². The number of alkyl halides is 6. The monoisotopic (exact) mass is 542 g/mol. The van der Waals surface area contributed by atoms with E-state index in [1.807, 2.05) is 31.1 Å². The van der Waals surface area contributed by atoms with Crippen molar-refractivity contribution in [2.45, 2.75) is 57.2 Å². The van der Waals surface area contributed by atoms with Gasteiger partial charge in [0.25, 0.3) is 0 Å². The van der Waals surface area contributed by atoms with Crippen LogP contribution in [0.5, 0.6) is 0 Å². The molecule has 2 fully saturated rings. The molecule has 0 unspecified atom stereocenters. The van der Waals surface area contributed by atoms with Gasteiger partial charge in [-0.1, -0.05) is 0 Å². The van der Waals surface area contributed by atoms with Crippen molar-refractivity contribution in [2.75, 3.05) is 11.4 Å². The highest BCUT2D eigenvalue weighted by molar-refractivity contribution is 5.94. The van der Waals surface area contributed by atoms with Crippen molar-refractivity contribution in [2.24, 2.45) is 7.05 Å². The Labute approximate surface area is 206 Å². The number of amides is 1. The third kappa shape index (κ3) is 8.23. The molecule has 2 aliphatic heterocycles. The highest BCUT2D eigenvalue weighted by Crippen LogP contribution is 2.35. The molecular weight excluding hydrogens is 518 g/mol. The number of anilines is 1. The SMILES string of the molecule is Cc1ccc(CN2CC[C@H]3[C@@H]2CCC(=O)N3c2cnn(C)c2)o1.O=C(O)C(F)(F)F.O=C(O)C(F)(F)F. The van der Waals surface area contributed by atoms with Crippen molar-refractivity contribution in [3.05, 3.63) is 36.0 Å². The van der Waals surface area contributed by atoms with Gasteiger partial charge in [-0.3, -0.25) is 14.4 Å². The Morgan fingerprint density at radius 2 is 1.62 bits per heavy atom. The van der Waals surface area contributed by atoms with Gasteiger partial charge in [0, 0.05) is 32.3 Å². The number of aromatic nitrogens is 2. The van der Waals surface area contributed by atoms with E-state index < -0.39 is 24.3 Å². The van der Waals surface area contributed by atoms with Crippen LogP contribution < -0.4 is 4.90 Å². The second kappa shape index (κ2) is 11.7. The van der Waals surface area contributed by atoms with Crippen molar-refractivity contribution in [3.63, 3.8) is 0 Å². The molecule has 10 nitrogen and oxygen atoms in total. The van der Waals surface area contributed by atoms with Crippen LogP contribution >= 0.6 is 0 Å². The van der Waals surface area contributed by atoms with E-state index in [-0.39, 0.29) is 11.9 Å². The Hall–Kier alpha value is -3.56. The van der Waals surface area contributed by atoms with Crippen LogP contribution in [-0.4, -0.2) is 73.7 Å². The molecule has 0 bridgehead atoms. The quantitative estimate of drug-likeness (QED) is 0.565. The number of fused-ring (bicyclic) bond motifs is 1. The lowest BCUT2D eigenvalue weighted by Gasteiger charge is -2.39. The van der Waals surface area contributed by atoms with Crippen LogP contribution in [-0.2, 0) is 28.0 Å². The molecule has 0 aliphatic carbocycles. The molecular formula is C21H24F6N4O6. The molecule has 0 spiro atoms. The number of carboxylic acids is 2. The van der Waals surface area contributed by atoms with Crippen LogP contribution in [0.2, 0.25) is 0 Å². The van der Waals surface area contributed by atoms with Crippen molar-refractivity contribution in [1.29, 1.82) is 0 Å². The molecule has 0 aromatic carbocycles. The van der Waals surface area contributed by atoms with Gasteiger partial charge < -0.3 is 19.5 Å². The first kappa shape index (κ1) is 29.7. The van der Waals surface area contributed by atoms with E-state index in [4.69, 9.17) is 24.2 Å². The molecule has 37 heavy (non-hydrogen) atoms. The Kier molecular flexibility index (Phi) is 9.35. The van der Waals surface area contributed by atoms with Gasteiger partial charge >= 0.3 is 24.3 Å². The number of halogens is 6. The average molecular weight is 542 g/mol. The molecule has 16 heteroatoms. The zero-order valence-corrected chi connectivity index (χ0v) is 19.6. The number of rotatable bonds is 3. The van der Waals surface area contributed by atoms with Gasteiger partial charge in [0.05, 0.1) is 24.5 Å². The number of hydrogen-bond donors (Lipinski definition) is 2. The standard InChI is InChI=1S/C17H22N4O2.2C2HF3O2/c1-12-3-4-14(23-12)11-20-8-7-16-15(20)5-6-17(22)21(16)13-9-18-19(2)10-13;2*3-2(4,5)1(6)7/h3-4,9-10,15-16H,5-8,11H2,1-2H3;2*(H,6,7)/t15-,16-;;/m0../s1. The predicted octanol–water partition coefficient (Wildman–Crippen LogP) is 3.36. The normalized spacial score (nSPS) is 19.9. The molecule has 2 N–H and O–H groups in total. The summed E-state index contributed by atoms with van der Waals surface area (Å²) in [5, 5.41) is 18.5. The predicted molar refractivity (Wildman–Crippen MR) is 113 cm³/mol. The minimum atomic E-state index is -5.08. The summed E-state index contributed by atoms with van der Waals surface area (Å²) >= 11 is 0. The summed E-state index contributed by atoms with van der Waals surface area (Å²) < 4.78 is 71.0. The van der Waals surface area contributed by atoms with E-state index in [0.29, 0.717) is 12.5 Å². The van der Waals surface area contributed by atoms with Crippen LogP contribution in [0.3, 0.4) is 0 Å². The number of aliphatic carboxylic acids is 2. The summed E-state index contributed by atoms with van der Waals surface area (Å²) in [6.07, 6.45) is -3.91. The zero-order chi connectivity index (χ0) is 28.1. The highest BCUT2D eigenvalue weighted by atomic mass is 19.4. The number of likely N-dealkylation sites (tertiary alicyclic amines) is 1. The molecule has 2 aromatic heterocycles. The number of hydrogen-bond acceptors (Lipinski definition) is 6. The molecule has 2 atom stereocenters. The fourth-order valence-corrected chi connectivity index (χ4v) is 3.99. The Morgan fingerprint density at radius 3 is 2.05 bits per heavy atom. The van der Waals surface area contributed by atoms with Gasteiger partial charge in [-0.25, -0.2) is 9.59 Å². The summed E-state index contributed by atoms with van der Waals surface area (Å²) in [6, 6.07) is 4.71. The van der Waals surface area contributed by atoms with E-state index >= 15 is 0 Å². The maximum atomic E-state index is 12.5. The average Bonchev–Trinajstić information content (AvgIpc) is 3.48. The molecule has 4 heterocycles. The van der Waals surface area contributed by atoms with Crippen LogP contribution in [0.1, 0.15) is 30.8 Å². The third-order valence-electron chi connectivity index (χ3n) is 5.49. The minimum absolute atomic E-state index is 0.218. The summed E-state index contributed by atoms with van der Waals surface area (Å²) in [6.45, 7) is 3.79. The maximum Gasteiger partial charge on any atom is 0.490 e. The summed E-state index contributed by atoms with van der Waals surface area (Å²) in [4.78, 5) is 34.7.